The first-order valence-corrected chi connectivity index (χ1v) is 5.40. The Hall–Kier alpha value is -2.45. The number of ether oxygens (including phenoxy) is 1. The molecule has 0 fully saturated rings. The molecule has 18 heavy (non-hydrogen) atoms. The average Bonchev–Trinajstić information content (AvgIpc) is 2.38. The summed E-state index contributed by atoms with van der Waals surface area (Å²) in [7, 11) is 0. The Morgan fingerprint density at radius 2 is 2.11 bits per heavy atom. The third-order valence-corrected chi connectivity index (χ3v) is 2.00. The number of carbonyl (C=O) groups excluding carboxylic acids is 1. The number of hydrogen-bond acceptors (Lipinski definition) is 2. The fourth-order valence-electron chi connectivity index (χ4n) is 1.14. The quantitative estimate of drug-likeness (QED) is 0.262. The molecule has 4 nitrogen and oxygen atoms in total. The van der Waals surface area contributed by atoms with Gasteiger partial charge in [-0.15, -0.1) is 0 Å². The van der Waals surface area contributed by atoms with Crippen molar-refractivity contribution in [2.75, 3.05) is 6.61 Å². The molecule has 0 saturated carbocycles. The van der Waals surface area contributed by atoms with Crippen LogP contribution in [0.25, 0.3) is 11.6 Å². The summed E-state index contributed by atoms with van der Waals surface area (Å²) in [5, 5.41) is 0. The molecule has 0 aliphatic heterocycles. The maximum Gasteiger partial charge on any atom is 0.421 e. The minimum Gasteiger partial charge on any atom is -0.452 e. The lowest BCUT2D eigenvalue weighted by atomic mass is 10.2. The SMILES string of the molecule is C=C(C)COC(=O)C(/C=C/c1ccccc1)=[N+]=[N-]. The van der Waals surface area contributed by atoms with Crippen molar-refractivity contribution in [2.24, 2.45) is 0 Å². The van der Waals surface area contributed by atoms with Crippen LogP contribution in [0.1, 0.15) is 12.5 Å². The highest BCUT2D eigenvalue weighted by Crippen LogP contribution is 2.01. The minimum absolute atomic E-state index is 0.108. The van der Waals surface area contributed by atoms with Gasteiger partial charge in [-0.05, 0) is 24.1 Å². The van der Waals surface area contributed by atoms with Crippen molar-refractivity contribution in [3.05, 3.63) is 59.7 Å². The van der Waals surface area contributed by atoms with Gasteiger partial charge in [-0.1, -0.05) is 36.9 Å². The van der Waals surface area contributed by atoms with Crippen LogP contribution in [-0.4, -0.2) is 23.1 Å². The topological polar surface area (TPSA) is 62.7 Å². The van der Waals surface area contributed by atoms with Crippen molar-refractivity contribution in [1.29, 1.82) is 0 Å². The Labute approximate surface area is 106 Å². The predicted octanol–water partition coefficient (Wildman–Crippen LogP) is 2.49. The number of carbonyl (C=O) groups is 1. The van der Waals surface area contributed by atoms with Crippen LogP contribution < -0.4 is 0 Å². The molecular weight excluding hydrogens is 228 g/mol. The van der Waals surface area contributed by atoms with Gasteiger partial charge in [-0.3, -0.25) is 0 Å². The van der Waals surface area contributed by atoms with Crippen molar-refractivity contribution in [3.63, 3.8) is 0 Å². The first-order valence-electron chi connectivity index (χ1n) is 5.40. The lowest BCUT2D eigenvalue weighted by molar-refractivity contribution is -0.139. The molecule has 0 bridgehead atoms. The molecule has 0 unspecified atom stereocenters. The van der Waals surface area contributed by atoms with E-state index in [0.29, 0.717) is 5.57 Å². The zero-order valence-corrected chi connectivity index (χ0v) is 10.2. The van der Waals surface area contributed by atoms with Crippen molar-refractivity contribution < 1.29 is 14.3 Å². The largest absolute Gasteiger partial charge is 0.452 e. The number of rotatable bonds is 5. The van der Waals surface area contributed by atoms with Gasteiger partial charge in [-0.2, -0.15) is 4.79 Å². The van der Waals surface area contributed by atoms with Gasteiger partial charge in [0.25, 0.3) is 0 Å². The zero-order chi connectivity index (χ0) is 13.4. The minimum atomic E-state index is -0.687. The van der Waals surface area contributed by atoms with Gasteiger partial charge >= 0.3 is 11.7 Å². The van der Waals surface area contributed by atoms with Crippen molar-refractivity contribution in [3.8, 4) is 0 Å². The monoisotopic (exact) mass is 242 g/mol. The molecule has 0 heterocycles. The van der Waals surface area contributed by atoms with E-state index in [1.54, 1.807) is 13.0 Å². The van der Waals surface area contributed by atoms with Crippen LogP contribution in [0, 0.1) is 0 Å². The molecule has 0 aliphatic rings. The van der Waals surface area contributed by atoms with E-state index >= 15 is 0 Å². The van der Waals surface area contributed by atoms with E-state index in [0.717, 1.165) is 5.56 Å². The van der Waals surface area contributed by atoms with Crippen LogP contribution in [0.2, 0.25) is 0 Å². The van der Waals surface area contributed by atoms with Crippen LogP contribution >= 0.6 is 0 Å². The standard InChI is InChI=1S/C14H14N2O2/c1-11(2)10-18-14(17)13(16-15)9-8-12-6-4-3-5-7-12/h3-9H,1,10H2,2H3/b9-8+. The highest BCUT2D eigenvalue weighted by molar-refractivity contribution is 6.39. The van der Waals surface area contributed by atoms with E-state index in [1.165, 1.54) is 6.08 Å². The van der Waals surface area contributed by atoms with Gasteiger partial charge in [0.05, 0.1) is 0 Å². The van der Waals surface area contributed by atoms with Crippen molar-refractivity contribution >= 4 is 17.8 Å². The number of hydrogen-bond donors (Lipinski definition) is 0. The summed E-state index contributed by atoms with van der Waals surface area (Å²) in [6.07, 6.45) is 3.06. The summed E-state index contributed by atoms with van der Waals surface area (Å²) >= 11 is 0. The van der Waals surface area contributed by atoms with E-state index in [1.807, 2.05) is 30.3 Å². The summed E-state index contributed by atoms with van der Waals surface area (Å²) in [6.45, 7) is 5.46. The molecule has 1 aromatic rings. The lowest BCUT2D eigenvalue weighted by Gasteiger charge is -1.98. The van der Waals surface area contributed by atoms with E-state index in [-0.39, 0.29) is 12.3 Å². The van der Waals surface area contributed by atoms with E-state index in [4.69, 9.17) is 10.3 Å². The molecule has 0 radical (unpaired) electrons. The summed E-state index contributed by atoms with van der Waals surface area (Å²) in [6, 6.07) is 9.36. The molecule has 1 aromatic carbocycles. The Kier molecular flexibility index (Phi) is 5.29. The van der Waals surface area contributed by atoms with Crippen LogP contribution in [-0.2, 0) is 9.53 Å². The van der Waals surface area contributed by atoms with Gasteiger partial charge in [0.15, 0.2) is 0 Å². The van der Waals surface area contributed by atoms with E-state index in [9.17, 15) is 4.79 Å². The summed E-state index contributed by atoms with van der Waals surface area (Å²) in [5.41, 5.74) is 10.2. The third-order valence-electron chi connectivity index (χ3n) is 2.00. The maximum absolute atomic E-state index is 11.5. The van der Waals surface area contributed by atoms with Gasteiger partial charge in [-0.25, -0.2) is 4.79 Å². The maximum atomic E-state index is 11.5. The molecular formula is C14H14N2O2. The molecule has 0 amide bonds. The van der Waals surface area contributed by atoms with Crippen LogP contribution in [0.4, 0.5) is 0 Å². The van der Waals surface area contributed by atoms with Crippen LogP contribution in [0.15, 0.2) is 48.6 Å². The Bertz CT molecular complexity index is 512. The average molecular weight is 242 g/mol. The molecule has 1 rings (SSSR count). The van der Waals surface area contributed by atoms with Gasteiger partial charge in [0.1, 0.15) is 6.61 Å². The third kappa shape index (κ3) is 4.60. The summed E-state index contributed by atoms with van der Waals surface area (Å²) < 4.78 is 4.86. The predicted molar refractivity (Wildman–Crippen MR) is 69.9 cm³/mol. The number of benzene rings is 1. The molecule has 0 N–H and O–H groups in total. The Morgan fingerprint density at radius 1 is 1.44 bits per heavy atom. The molecule has 0 aliphatic carbocycles. The first-order chi connectivity index (χ1) is 8.63. The van der Waals surface area contributed by atoms with Crippen LogP contribution in [0.5, 0.6) is 0 Å². The Morgan fingerprint density at radius 3 is 2.67 bits per heavy atom. The molecule has 0 saturated heterocycles. The van der Waals surface area contributed by atoms with Gasteiger partial charge < -0.3 is 10.3 Å². The van der Waals surface area contributed by atoms with Crippen molar-refractivity contribution in [2.45, 2.75) is 6.92 Å². The molecule has 0 atom stereocenters. The van der Waals surface area contributed by atoms with Gasteiger partial charge in [0.2, 0.25) is 0 Å². The highest BCUT2D eigenvalue weighted by Gasteiger charge is 2.18. The fourth-order valence-corrected chi connectivity index (χ4v) is 1.14. The second kappa shape index (κ2) is 6.99. The molecule has 4 heteroatoms. The number of nitrogens with zero attached hydrogens (tertiary/aromatic N) is 2. The molecule has 92 valence electrons. The second-order valence-corrected chi connectivity index (χ2v) is 3.76. The van der Waals surface area contributed by atoms with E-state index < -0.39 is 5.97 Å². The second-order valence-electron chi connectivity index (χ2n) is 3.76. The van der Waals surface area contributed by atoms with Crippen molar-refractivity contribution in [1.82, 2.24) is 0 Å². The molecule has 0 spiro atoms. The fraction of sp³-hybridized carbons (Fsp3) is 0.143. The smallest absolute Gasteiger partial charge is 0.421 e. The lowest BCUT2D eigenvalue weighted by Crippen LogP contribution is -2.17. The normalized spacial score (nSPS) is 9.83. The van der Waals surface area contributed by atoms with Gasteiger partial charge in [0, 0.05) is 6.08 Å². The summed E-state index contributed by atoms with van der Waals surface area (Å²) in [5.74, 6) is -0.687. The van der Waals surface area contributed by atoms with E-state index in [2.05, 4.69) is 11.4 Å². The number of esters is 1. The highest BCUT2D eigenvalue weighted by atomic mass is 16.5. The first kappa shape index (κ1) is 13.6. The summed E-state index contributed by atoms with van der Waals surface area (Å²) in [4.78, 5) is 14.4. The molecule has 0 aromatic heterocycles. The van der Waals surface area contributed by atoms with Crippen LogP contribution in [0.3, 0.4) is 0 Å². The zero-order valence-electron chi connectivity index (χ0n) is 10.2. The Balaban J connectivity index is 2.69.